The van der Waals surface area contributed by atoms with Crippen LogP contribution in [0.25, 0.3) is 0 Å². The molecular weight excluding hydrogens is 126 g/mol. The maximum Gasteiger partial charge on any atom is 0.0466 e. The Morgan fingerprint density at radius 1 is 0.857 bits per heavy atom. The van der Waals surface area contributed by atoms with E-state index < -0.39 is 0 Å². The Bertz CT molecular complexity index is 21.3. The summed E-state index contributed by atoms with van der Waals surface area (Å²) in [6.45, 7) is 2.00. The lowest BCUT2D eigenvalue weighted by Crippen LogP contribution is -1.74. The van der Waals surface area contributed by atoms with Gasteiger partial charge in [-0.1, -0.05) is 0 Å². The molecule has 1 rings (SSSR count). The Hall–Kier alpha value is 0.820. The molecule has 1 saturated heterocycles. The van der Waals surface area contributed by atoms with Gasteiger partial charge in [-0.25, -0.2) is 0 Å². The average molecular weight is 140 g/mol. The van der Waals surface area contributed by atoms with Crippen LogP contribution in [0, 0.1) is 0 Å². The summed E-state index contributed by atoms with van der Waals surface area (Å²) in [4.78, 5) is 0. The number of ether oxygens (including phenoxy) is 1. The third-order valence-corrected chi connectivity index (χ3v) is 0.827. The van der Waals surface area contributed by atoms with E-state index in [0.717, 1.165) is 13.2 Å². The molecule has 7 heavy (non-hydrogen) atoms. The lowest BCUT2D eigenvalue weighted by atomic mass is 10.4. The fourth-order valence-electron chi connectivity index (χ4n) is 0.510. The quantitative estimate of drug-likeness (QED) is 0.454. The Kier molecular flexibility index (Phi) is 10.5. The summed E-state index contributed by atoms with van der Waals surface area (Å²) in [6, 6.07) is 0. The molecule has 0 aliphatic carbocycles. The fraction of sp³-hybridized carbons (Fsp3) is 1.00. The smallest absolute Gasteiger partial charge is 0.0466 e. The van der Waals surface area contributed by atoms with E-state index in [-0.39, 0.29) is 19.8 Å². The molecule has 0 N–H and O–H groups in total. The highest BCUT2D eigenvalue weighted by atomic mass is 31.0. The van der Waals surface area contributed by atoms with Crippen molar-refractivity contribution in [2.45, 2.75) is 12.8 Å². The lowest BCUT2D eigenvalue weighted by molar-refractivity contribution is 0.198. The van der Waals surface area contributed by atoms with Crippen molar-refractivity contribution in [3.8, 4) is 0 Å². The molecular formula is C4H14OP2. The Balaban J connectivity index is 0. The lowest BCUT2D eigenvalue weighted by Gasteiger charge is -1.76. The minimum absolute atomic E-state index is 0. The molecule has 1 heterocycles. The SMILES string of the molecule is C1CCOC1.P.P. The zero-order valence-electron chi connectivity index (χ0n) is 4.65. The molecule has 1 aliphatic rings. The molecule has 3 heteroatoms. The van der Waals surface area contributed by atoms with E-state index in [1.54, 1.807) is 0 Å². The molecule has 2 unspecified atom stereocenters. The van der Waals surface area contributed by atoms with Crippen molar-refractivity contribution in [1.82, 2.24) is 0 Å². The fourth-order valence-corrected chi connectivity index (χ4v) is 0.510. The van der Waals surface area contributed by atoms with Crippen LogP contribution in [-0.4, -0.2) is 13.2 Å². The molecule has 2 atom stereocenters. The molecule has 1 nitrogen and oxygen atoms in total. The van der Waals surface area contributed by atoms with Gasteiger partial charge in [0.05, 0.1) is 0 Å². The minimum atomic E-state index is 0. The Morgan fingerprint density at radius 3 is 1.43 bits per heavy atom. The summed E-state index contributed by atoms with van der Waals surface area (Å²) in [6.07, 6.45) is 2.56. The standard InChI is InChI=1S/C4H8O.2H3P/c1-2-4-5-3-1;;/h1-4H2;2*1H3. The topological polar surface area (TPSA) is 9.23 Å². The highest BCUT2D eigenvalue weighted by molar-refractivity contribution is 6.92. The van der Waals surface area contributed by atoms with Crippen molar-refractivity contribution in [3.05, 3.63) is 0 Å². The number of hydrogen-bond acceptors (Lipinski definition) is 1. The van der Waals surface area contributed by atoms with E-state index in [4.69, 9.17) is 4.74 Å². The van der Waals surface area contributed by atoms with Gasteiger partial charge in [0.1, 0.15) is 0 Å². The van der Waals surface area contributed by atoms with Crippen LogP contribution in [0.4, 0.5) is 0 Å². The number of rotatable bonds is 0. The van der Waals surface area contributed by atoms with Gasteiger partial charge in [0.2, 0.25) is 0 Å². The summed E-state index contributed by atoms with van der Waals surface area (Å²) in [5.74, 6) is 0. The van der Waals surface area contributed by atoms with Gasteiger partial charge in [0.25, 0.3) is 0 Å². The monoisotopic (exact) mass is 140 g/mol. The summed E-state index contributed by atoms with van der Waals surface area (Å²) in [7, 11) is 0. The average Bonchev–Trinajstić information content (AvgIpc) is 1.76. The van der Waals surface area contributed by atoms with Crippen LogP contribution in [0.5, 0.6) is 0 Å². The molecule has 0 amide bonds. The first kappa shape index (κ1) is 10.7. The largest absolute Gasteiger partial charge is 0.381 e. The second-order valence-electron chi connectivity index (χ2n) is 1.32. The van der Waals surface area contributed by atoms with Gasteiger partial charge in [-0.15, -0.1) is 0 Å². The first-order chi connectivity index (χ1) is 2.50. The van der Waals surface area contributed by atoms with Gasteiger partial charge in [-0.2, -0.15) is 19.8 Å². The highest BCUT2D eigenvalue weighted by Crippen LogP contribution is 1.98. The first-order valence-corrected chi connectivity index (χ1v) is 2.08. The van der Waals surface area contributed by atoms with Gasteiger partial charge in [-0.05, 0) is 12.8 Å². The Labute approximate surface area is 51.4 Å². The predicted octanol–water partition coefficient (Wildman–Crippen LogP) is 0.913. The molecule has 1 aliphatic heterocycles. The van der Waals surface area contributed by atoms with Crippen molar-refractivity contribution in [1.29, 1.82) is 0 Å². The maximum atomic E-state index is 4.94. The first-order valence-electron chi connectivity index (χ1n) is 2.08. The van der Waals surface area contributed by atoms with E-state index in [1.165, 1.54) is 12.8 Å². The molecule has 1 fully saturated rings. The predicted molar refractivity (Wildman–Crippen MR) is 42.3 cm³/mol. The molecule has 46 valence electrons. The normalized spacial score (nSPS) is 17.1. The second kappa shape index (κ2) is 6.82. The van der Waals surface area contributed by atoms with Crippen LogP contribution >= 0.6 is 19.8 Å². The van der Waals surface area contributed by atoms with Gasteiger partial charge >= 0.3 is 0 Å². The highest BCUT2D eigenvalue weighted by Gasteiger charge is 1.94. The van der Waals surface area contributed by atoms with Crippen LogP contribution in [0.1, 0.15) is 12.8 Å². The van der Waals surface area contributed by atoms with Gasteiger partial charge in [0.15, 0.2) is 0 Å². The molecule has 0 aromatic carbocycles. The van der Waals surface area contributed by atoms with Gasteiger partial charge in [-0.3, -0.25) is 0 Å². The molecule has 0 radical (unpaired) electrons. The summed E-state index contributed by atoms with van der Waals surface area (Å²) in [5, 5.41) is 0. The third kappa shape index (κ3) is 4.68. The molecule has 0 aromatic heterocycles. The summed E-state index contributed by atoms with van der Waals surface area (Å²) < 4.78 is 4.94. The van der Waals surface area contributed by atoms with Crippen LogP contribution in [-0.2, 0) is 4.74 Å². The third-order valence-electron chi connectivity index (χ3n) is 0.827. The molecule has 0 bridgehead atoms. The maximum absolute atomic E-state index is 4.94. The van der Waals surface area contributed by atoms with Crippen molar-refractivity contribution >= 4 is 19.8 Å². The summed E-state index contributed by atoms with van der Waals surface area (Å²) in [5.41, 5.74) is 0. The van der Waals surface area contributed by atoms with Gasteiger partial charge in [0, 0.05) is 13.2 Å². The van der Waals surface area contributed by atoms with E-state index >= 15 is 0 Å². The minimum Gasteiger partial charge on any atom is -0.381 e. The molecule has 0 spiro atoms. The van der Waals surface area contributed by atoms with Crippen molar-refractivity contribution < 1.29 is 4.74 Å². The van der Waals surface area contributed by atoms with E-state index in [9.17, 15) is 0 Å². The zero-order chi connectivity index (χ0) is 3.54. The van der Waals surface area contributed by atoms with E-state index in [0.29, 0.717) is 0 Å². The van der Waals surface area contributed by atoms with E-state index in [1.807, 2.05) is 0 Å². The van der Waals surface area contributed by atoms with Crippen LogP contribution < -0.4 is 0 Å². The molecule has 0 aromatic rings. The van der Waals surface area contributed by atoms with Crippen molar-refractivity contribution in [2.24, 2.45) is 0 Å². The number of hydrogen-bond donors (Lipinski definition) is 0. The second-order valence-corrected chi connectivity index (χ2v) is 1.32. The van der Waals surface area contributed by atoms with Crippen molar-refractivity contribution in [2.75, 3.05) is 13.2 Å². The van der Waals surface area contributed by atoms with Crippen LogP contribution in [0.3, 0.4) is 0 Å². The van der Waals surface area contributed by atoms with E-state index in [2.05, 4.69) is 0 Å². The molecule has 0 saturated carbocycles. The van der Waals surface area contributed by atoms with Gasteiger partial charge < -0.3 is 4.74 Å². The van der Waals surface area contributed by atoms with Crippen LogP contribution in [0.2, 0.25) is 0 Å². The summed E-state index contributed by atoms with van der Waals surface area (Å²) >= 11 is 0. The van der Waals surface area contributed by atoms with Crippen LogP contribution in [0.15, 0.2) is 0 Å². The Morgan fingerprint density at radius 2 is 1.29 bits per heavy atom. The van der Waals surface area contributed by atoms with Crippen molar-refractivity contribution in [3.63, 3.8) is 0 Å². The zero-order valence-corrected chi connectivity index (χ0v) is 7.48.